The Morgan fingerprint density at radius 3 is 2.25 bits per heavy atom. The molecule has 0 bridgehead atoms. The fourth-order valence-corrected chi connectivity index (χ4v) is 6.49. The van der Waals surface area contributed by atoms with Crippen LogP contribution in [0.15, 0.2) is 91.0 Å². The second-order valence-electron chi connectivity index (χ2n) is 10.2. The molecule has 4 aromatic carbocycles. The van der Waals surface area contributed by atoms with E-state index < -0.39 is 35.5 Å². The van der Waals surface area contributed by atoms with Crippen LogP contribution >= 0.6 is 0 Å². The maximum absolute atomic E-state index is 14.2. The van der Waals surface area contributed by atoms with Crippen LogP contribution in [0, 0.1) is 17.8 Å². The lowest BCUT2D eigenvalue weighted by Gasteiger charge is -2.38. The van der Waals surface area contributed by atoms with Crippen LogP contribution in [0.2, 0.25) is 0 Å². The molecule has 2 aliphatic heterocycles. The predicted molar refractivity (Wildman–Crippen MR) is 149 cm³/mol. The lowest BCUT2D eigenvalue weighted by Crippen LogP contribution is -2.42. The van der Waals surface area contributed by atoms with Crippen molar-refractivity contribution < 1.29 is 28.6 Å². The SMILES string of the molecule is COc1ccc([C@@H]2C=C3c4ccc5ccccc5c4OC(=O)[C@@H]3[C@@H]3C(=O)N(c4ccccc4OC)C(=O)[C@H]32)cc1. The zero-order valence-corrected chi connectivity index (χ0v) is 21.9. The Hall–Kier alpha value is -4.91. The Morgan fingerprint density at radius 2 is 1.48 bits per heavy atom. The van der Waals surface area contributed by atoms with E-state index in [4.69, 9.17) is 14.2 Å². The van der Waals surface area contributed by atoms with E-state index in [9.17, 15) is 14.4 Å². The van der Waals surface area contributed by atoms with Gasteiger partial charge in [-0.3, -0.25) is 14.4 Å². The molecule has 4 aromatic rings. The van der Waals surface area contributed by atoms with Gasteiger partial charge in [-0.1, -0.05) is 66.7 Å². The Morgan fingerprint density at radius 1 is 0.750 bits per heavy atom. The second-order valence-corrected chi connectivity index (χ2v) is 10.2. The van der Waals surface area contributed by atoms with Crippen molar-refractivity contribution in [3.05, 3.63) is 102 Å². The number of anilines is 1. The number of fused-ring (bicyclic) bond motifs is 7. The van der Waals surface area contributed by atoms with Crippen LogP contribution in [0.3, 0.4) is 0 Å². The lowest BCUT2D eigenvalue weighted by molar-refractivity contribution is -0.142. The van der Waals surface area contributed by atoms with Gasteiger partial charge in [-0.25, -0.2) is 4.90 Å². The molecule has 0 spiro atoms. The van der Waals surface area contributed by atoms with Gasteiger partial charge in [0.05, 0.1) is 37.7 Å². The maximum Gasteiger partial charge on any atom is 0.319 e. The molecule has 1 saturated heterocycles. The Labute approximate surface area is 230 Å². The van der Waals surface area contributed by atoms with Gasteiger partial charge in [-0.05, 0) is 40.8 Å². The van der Waals surface area contributed by atoms with Gasteiger partial charge in [-0.15, -0.1) is 0 Å². The number of ether oxygens (including phenoxy) is 3. The summed E-state index contributed by atoms with van der Waals surface area (Å²) in [5.41, 5.74) is 2.68. The zero-order valence-electron chi connectivity index (χ0n) is 21.9. The number of nitrogens with zero attached hydrogens (tertiary/aromatic N) is 1. The molecular formula is C33H25NO6. The highest BCUT2D eigenvalue weighted by atomic mass is 16.5. The van der Waals surface area contributed by atoms with E-state index in [1.165, 1.54) is 12.0 Å². The number of hydrogen-bond donors (Lipinski definition) is 0. The molecule has 0 aromatic heterocycles. The largest absolute Gasteiger partial charge is 0.497 e. The number of hydrogen-bond acceptors (Lipinski definition) is 6. The van der Waals surface area contributed by atoms with Gasteiger partial charge in [0.2, 0.25) is 11.8 Å². The van der Waals surface area contributed by atoms with Gasteiger partial charge in [0.15, 0.2) is 0 Å². The summed E-state index contributed by atoms with van der Waals surface area (Å²) in [5, 5.41) is 1.77. The quantitative estimate of drug-likeness (QED) is 0.200. The summed E-state index contributed by atoms with van der Waals surface area (Å²) < 4.78 is 16.8. The Bertz CT molecular complexity index is 1740. The number of carbonyl (C=O) groups is 3. The third-order valence-electron chi connectivity index (χ3n) is 8.31. The van der Waals surface area contributed by atoms with Crippen LogP contribution in [0.1, 0.15) is 17.0 Å². The maximum atomic E-state index is 14.2. The first kappa shape index (κ1) is 24.2. The van der Waals surface area contributed by atoms with Gasteiger partial charge < -0.3 is 14.2 Å². The van der Waals surface area contributed by atoms with Gasteiger partial charge in [-0.2, -0.15) is 0 Å². The minimum atomic E-state index is -0.934. The molecule has 198 valence electrons. The van der Waals surface area contributed by atoms with Crippen LogP contribution in [-0.2, 0) is 14.4 Å². The molecular weight excluding hydrogens is 506 g/mol. The average Bonchev–Trinajstić information content (AvgIpc) is 3.26. The number of allylic oxidation sites excluding steroid dienone is 1. The minimum absolute atomic E-state index is 0.361. The summed E-state index contributed by atoms with van der Waals surface area (Å²) in [6.07, 6.45) is 1.98. The third kappa shape index (κ3) is 3.40. The summed E-state index contributed by atoms with van der Waals surface area (Å²) >= 11 is 0. The molecule has 1 aliphatic carbocycles. The molecule has 40 heavy (non-hydrogen) atoms. The van der Waals surface area contributed by atoms with Crippen molar-refractivity contribution in [1.82, 2.24) is 0 Å². The second kappa shape index (κ2) is 9.09. The van der Waals surface area contributed by atoms with Gasteiger partial charge >= 0.3 is 5.97 Å². The van der Waals surface area contributed by atoms with Crippen molar-refractivity contribution in [1.29, 1.82) is 0 Å². The Balaban J connectivity index is 1.44. The van der Waals surface area contributed by atoms with Gasteiger partial charge in [0, 0.05) is 16.9 Å². The minimum Gasteiger partial charge on any atom is -0.497 e. The summed E-state index contributed by atoms with van der Waals surface area (Å²) in [4.78, 5) is 43.3. The number of imide groups is 1. The molecule has 0 radical (unpaired) electrons. The van der Waals surface area contributed by atoms with Crippen molar-refractivity contribution in [3.63, 3.8) is 0 Å². The van der Waals surface area contributed by atoms with Crippen LogP contribution in [0.5, 0.6) is 17.2 Å². The highest BCUT2D eigenvalue weighted by Crippen LogP contribution is 2.56. The standard InChI is InChI=1S/C33H25NO6/c1-38-20-14-11-19(12-15-20)23-17-24-22-16-13-18-7-3-4-8-21(18)30(22)40-33(37)28(24)29-27(23)31(35)34(32(29)36)25-9-5-6-10-26(25)39-2/h3-17,23,27-29H,1-2H3/t23-,27-,28-,29+/m0/s1. The van der Waals surface area contributed by atoms with Crippen LogP contribution in [-0.4, -0.2) is 32.0 Å². The number of para-hydroxylation sites is 2. The van der Waals surface area contributed by atoms with E-state index >= 15 is 0 Å². The highest BCUT2D eigenvalue weighted by Gasteiger charge is 2.60. The molecule has 7 nitrogen and oxygen atoms in total. The van der Waals surface area contributed by atoms with Crippen molar-refractivity contribution in [2.24, 2.45) is 17.8 Å². The normalized spacial score (nSPS) is 23.2. The topological polar surface area (TPSA) is 82.1 Å². The van der Waals surface area contributed by atoms with Crippen LogP contribution in [0.4, 0.5) is 5.69 Å². The highest BCUT2D eigenvalue weighted by molar-refractivity contribution is 6.25. The molecule has 7 rings (SSSR count). The number of benzene rings is 4. The van der Waals surface area contributed by atoms with Crippen molar-refractivity contribution in [2.45, 2.75) is 5.92 Å². The number of esters is 1. The first-order chi connectivity index (χ1) is 19.5. The molecule has 0 unspecified atom stereocenters. The number of amides is 2. The first-order valence-electron chi connectivity index (χ1n) is 13.1. The third-order valence-corrected chi connectivity index (χ3v) is 8.31. The van der Waals surface area contributed by atoms with Gasteiger partial charge in [0.25, 0.3) is 0 Å². The smallest absolute Gasteiger partial charge is 0.319 e. The number of rotatable bonds is 4. The van der Waals surface area contributed by atoms with E-state index in [-0.39, 0.29) is 5.91 Å². The lowest BCUT2D eigenvalue weighted by atomic mass is 9.64. The number of methoxy groups -OCH3 is 2. The van der Waals surface area contributed by atoms with Crippen LogP contribution < -0.4 is 19.1 Å². The molecule has 2 amide bonds. The molecule has 1 fully saturated rings. The van der Waals surface area contributed by atoms with Crippen LogP contribution in [0.25, 0.3) is 16.3 Å². The van der Waals surface area contributed by atoms with Crippen molar-refractivity contribution in [3.8, 4) is 17.2 Å². The van der Waals surface area contributed by atoms with E-state index in [1.807, 2.05) is 66.7 Å². The molecule has 7 heteroatoms. The number of carbonyl (C=O) groups excluding carboxylic acids is 3. The van der Waals surface area contributed by atoms with E-state index in [0.29, 0.717) is 28.5 Å². The average molecular weight is 532 g/mol. The van der Waals surface area contributed by atoms with Crippen molar-refractivity contribution in [2.75, 3.05) is 19.1 Å². The summed E-state index contributed by atoms with van der Waals surface area (Å²) in [5.74, 6) is -2.86. The zero-order chi connectivity index (χ0) is 27.5. The monoisotopic (exact) mass is 531 g/mol. The fraction of sp³-hybridized carbons (Fsp3) is 0.182. The van der Waals surface area contributed by atoms with E-state index in [1.54, 1.807) is 31.4 Å². The van der Waals surface area contributed by atoms with Gasteiger partial charge in [0.1, 0.15) is 17.2 Å². The Kier molecular flexibility index (Phi) is 5.49. The molecule has 2 heterocycles. The van der Waals surface area contributed by atoms with E-state index in [2.05, 4.69) is 0 Å². The molecule has 4 atom stereocenters. The molecule has 0 saturated carbocycles. The molecule has 0 N–H and O–H groups in total. The first-order valence-corrected chi connectivity index (χ1v) is 13.1. The summed E-state index contributed by atoms with van der Waals surface area (Å²) in [6, 6.07) is 26.1. The molecule has 3 aliphatic rings. The summed E-state index contributed by atoms with van der Waals surface area (Å²) in [7, 11) is 3.09. The summed E-state index contributed by atoms with van der Waals surface area (Å²) in [6.45, 7) is 0. The predicted octanol–water partition coefficient (Wildman–Crippen LogP) is 5.38. The van der Waals surface area contributed by atoms with Crippen molar-refractivity contribution >= 4 is 39.8 Å². The van der Waals surface area contributed by atoms with E-state index in [0.717, 1.165) is 21.9 Å². The fourth-order valence-electron chi connectivity index (χ4n) is 6.49.